The maximum absolute atomic E-state index is 2.32. The van der Waals surface area contributed by atoms with Crippen molar-refractivity contribution in [2.75, 3.05) is 0 Å². The Hall–Kier alpha value is -0.770. The monoisotopic (exact) mass is 392 g/mol. The second-order valence-electron chi connectivity index (χ2n) is 6.56. The van der Waals surface area contributed by atoms with Gasteiger partial charge >= 0.3 is 138 Å². The second-order valence-corrected chi connectivity index (χ2v) is 9.63. The van der Waals surface area contributed by atoms with E-state index in [1.54, 1.807) is 20.1 Å². The number of benzene rings is 2. The van der Waals surface area contributed by atoms with Crippen molar-refractivity contribution in [2.45, 2.75) is 33.6 Å². The summed E-state index contributed by atoms with van der Waals surface area (Å²) in [5, 5.41) is 0. The normalized spacial score (nSPS) is 30.1. The predicted molar refractivity (Wildman–Crippen MR) is 89.9 cm³/mol. The van der Waals surface area contributed by atoms with Crippen LogP contribution in [-0.4, -0.2) is 20.9 Å². The molecule has 0 amide bonds. The molecule has 21 heavy (non-hydrogen) atoms. The van der Waals surface area contributed by atoms with Gasteiger partial charge in [0.15, 0.2) is 0 Å². The fraction of sp³-hybridized carbons (Fsp3) is 0.400. The number of hydrogen-bond acceptors (Lipinski definition) is 0. The zero-order chi connectivity index (χ0) is 14.1. The Morgan fingerprint density at radius 2 is 1.10 bits per heavy atom. The third-order valence-corrected chi connectivity index (χ3v) is 8.75. The molecule has 0 N–H and O–H groups in total. The Bertz CT molecular complexity index is 524. The molecular formula is C20H22Te. The molecule has 4 unspecified atom stereocenters. The molecule has 0 saturated heterocycles. The van der Waals surface area contributed by atoms with Gasteiger partial charge in [0.2, 0.25) is 0 Å². The van der Waals surface area contributed by atoms with Gasteiger partial charge in [-0.25, -0.2) is 0 Å². The molecule has 0 heterocycles. The van der Waals surface area contributed by atoms with E-state index in [0.29, 0.717) is 0 Å². The molecule has 0 nitrogen and oxygen atoms in total. The second kappa shape index (κ2) is 6.15. The molecule has 0 aromatic heterocycles. The topological polar surface area (TPSA) is 0 Å². The van der Waals surface area contributed by atoms with Crippen LogP contribution in [0.2, 0.25) is 8.94 Å². The van der Waals surface area contributed by atoms with Crippen LogP contribution in [0.15, 0.2) is 60.7 Å². The summed E-state index contributed by atoms with van der Waals surface area (Å²) in [6, 6.07) is 22.3. The SMILES string of the molecule is c1ccc(C2CC2C[Te]CC2CC2c2ccccc2)cc1. The van der Waals surface area contributed by atoms with Crippen LogP contribution < -0.4 is 0 Å². The van der Waals surface area contributed by atoms with Crippen molar-refractivity contribution >= 4 is 20.9 Å². The van der Waals surface area contributed by atoms with Crippen LogP contribution in [0.1, 0.15) is 35.8 Å². The van der Waals surface area contributed by atoms with Crippen LogP contribution in [-0.2, 0) is 0 Å². The molecule has 2 fully saturated rings. The van der Waals surface area contributed by atoms with E-state index in [1.165, 1.54) is 12.8 Å². The number of rotatable bonds is 6. The molecule has 108 valence electrons. The Kier molecular flexibility index (Phi) is 4.06. The molecule has 0 radical (unpaired) electrons. The summed E-state index contributed by atoms with van der Waals surface area (Å²) in [6.45, 7) is 0. The third-order valence-electron chi connectivity index (χ3n) is 4.96. The van der Waals surface area contributed by atoms with Crippen LogP contribution in [0.3, 0.4) is 0 Å². The van der Waals surface area contributed by atoms with Gasteiger partial charge in [-0.2, -0.15) is 0 Å². The molecule has 2 aromatic carbocycles. The minimum atomic E-state index is 0.249. The molecular weight excluding hydrogens is 368 g/mol. The summed E-state index contributed by atoms with van der Waals surface area (Å²) < 4.78 is 3.14. The first-order chi connectivity index (χ1) is 10.4. The van der Waals surface area contributed by atoms with Crippen molar-refractivity contribution in [2.24, 2.45) is 11.8 Å². The Balaban J connectivity index is 1.19. The van der Waals surface area contributed by atoms with Gasteiger partial charge in [-0.1, -0.05) is 0 Å². The Morgan fingerprint density at radius 1 is 0.667 bits per heavy atom. The summed E-state index contributed by atoms with van der Waals surface area (Å²) in [5.74, 6) is 3.87. The van der Waals surface area contributed by atoms with Gasteiger partial charge in [-0.15, -0.1) is 0 Å². The van der Waals surface area contributed by atoms with E-state index >= 15 is 0 Å². The zero-order valence-corrected chi connectivity index (χ0v) is 14.6. The van der Waals surface area contributed by atoms with E-state index in [9.17, 15) is 0 Å². The average molecular weight is 390 g/mol. The van der Waals surface area contributed by atoms with Gasteiger partial charge < -0.3 is 0 Å². The van der Waals surface area contributed by atoms with Crippen molar-refractivity contribution in [1.82, 2.24) is 0 Å². The first-order valence-corrected chi connectivity index (χ1v) is 11.4. The predicted octanol–water partition coefficient (Wildman–Crippen LogP) is 5.13. The standard InChI is InChI=1S/C20H22Te/c1-3-7-15(8-4-1)19-11-17(19)13-21-14-18-12-20(18)16-9-5-2-6-10-16/h1-10,17-20H,11-14H2. The first kappa shape index (κ1) is 13.9. The summed E-state index contributed by atoms with van der Waals surface area (Å²) in [5.41, 5.74) is 3.17. The molecule has 2 aliphatic carbocycles. The molecule has 2 aromatic rings. The quantitative estimate of drug-likeness (QED) is 0.600. The van der Waals surface area contributed by atoms with Crippen molar-refractivity contribution in [3.8, 4) is 0 Å². The molecule has 0 bridgehead atoms. The van der Waals surface area contributed by atoms with Gasteiger partial charge in [-0.05, 0) is 0 Å². The summed E-state index contributed by atoms with van der Waals surface area (Å²) in [4.78, 5) is 0. The van der Waals surface area contributed by atoms with E-state index in [-0.39, 0.29) is 20.9 Å². The molecule has 0 spiro atoms. The number of hydrogen-bond donors (Lipinski definition) is 0. The zero-order valence-electron chi connectivity index (χ0n) is 12.3. The summed E-state index contributed by atoms with van der Waals surface area (Å²) in [6.07, 6.45) is 2.92. The van der Waals surface area contributed by atoms with Crippen LogP contribution in [0, 0.1) is 11.8 Å². The summed E-state index contributed by atoms with van der Waals surface area (Å²) >= 11 is 0.249. The van der Waals surface area contributed by atoms with E-state index in [1.807, 2.05) is 0 Å². The van der Waals surface area contributed by atoms with Gasteiger partial charge in [0.25, 0.3) is 0 Å². The van der Waals surface area contributed by atoms with E-state index in [0.717, 1.165) is 23.7 Å². The Morgan fingerprint density at radius 3 is 1.52 bits per heavy atom. The molecule has 1 heteroatoms. The molecule has 2 aliphatic rings. The van der Waals surface area contributed by atoms with Gasteiger partial charge in [-0.3, -0.25) is 0 Å². The van der Waals surface area contributed by atoms with Gasteiger partial charge in [0.1, 0.15) is 0 Å². The van der Waals surface area contributed by atoms with Crippen molar-refractivity contribution < 1.29 is 0 Å². The molecule has 2 saturated carbocycles. The summed E-state index contributed by atoms with van der Waals surface area (Å²) in [7, 11) is 0. The fourth-order valence-corrected chi connectivity index (χ4v) is 7.67. The van der Waals surface area contributed by atoms with Crippen molar-refractivity contribution in [3.05, 3.63) is 71.8 Å². The Labute approximate surface area is 138 Å². The van der Waals surface area contributed by atoms with Crippen LogP contribution >= 0.6 is 0 Å². The maximum atomic E-state index is 2.32. The van der Waals surface area contributed by atoms with Crippen molar-refractivity contribution in [1.29, 1.82) is 0 Å². The van der Waals surface area contributed by atoms with Crippen molar-refractivity contribution in [3.63, 3.8) is 0 Å². The molecule has 4 atom stereocenters. The first-order valence-electron chi connectivity index (χ1n) is 8.09. The minimum absolute atomic E-state index is 0.249. The van der Waals surface area contributed by atoms with Gasteiger partial charge in [0, 0.05) is 0 Å². The van der Waals surface area contributed by atoms with Gasteiger partial charge in [0.05, 0.1) is 0 Å². The van der Waals surface area contributed by atoms with Crippen LogP contribution in [0.25, 0.3) is 0 Å². The third kappa shape index (κ3) is 3.36. The van der Waals surface area contributed by atoms with Crippen LogP contribution in [0.4, 0.5) is 0 Å². The van der Waals surface area contributed by atoms with E-state index in [4.69, 9.17) is 0 Å². The molecule has 0 aliphatic heterocycles. The fourth-order valence-electron chi connectivity index (χ4n) is 3.45. The van der Waals surface area contributed by atoms with E-state index < -0.39 is 0 Å². The molecule has 4 rings (SSSR count). The van der Waals surface area contributed by atoms with E-state index in [2.05, 4.69) is 60.7 Å². The average Bonchev–Trinajstić information content (AvgIpc) is 3.45. The van der Waals surface area contributed by atoms with Crippen LogP contribution in [0.5, 0.6) is 0 Å².